The van der Waals surface area contributed by atoms with Crippen molar-refractivity contribution in [3.8, 4) is 0 Å². The molecule has 0 spiro atoms. The minimum absolute atomic E-state index is 0.0165. The first-order chi connectivity index (χ1) is 9.57. The Morgan fingerprint density at radius 3 is 2.40 bits per heavy atom. The lowest BCUT2D eigenvalue weighted by Crippen LogP contribution is -2.51. The second-order valence-electron chi connectivity index (χ2n) is 7.28. The minimum Gasteiger partial charge on any atom is -0.342 e. The van der Waals surface area contributed by atoms with E-state index >= 15 is 0 Å². The molecule has 2 rings (SSSR count). The van der Waals surface area contributed by atoms with Gasteiger partial charge in [-0.3, -0.25) is 4.79 Å². The smallest absolute Gasteiger partial charge is 0.228 e. The van der Waals surface area contributed by atoms with Crippen LogP contribution in [0.25, 0.3) is 0 Å². The van der Waals surface area contributed by atoms with E-state index < -0.39 is 0 Å². The molecule has 0 unspecified atom stereocenters. The number of nitrogens with zero attached hydrogens (tertiary/aromatic N) is 1. The fraction of sp³-hybridized carbons (Fsp3) is 0.941. The highest BCUT2D eigenvalue weighted by Gasteiger charge is 2.46. The van der Waals surface area contributed by atoms with Gasteiger partial charge in [0.2, 0.25) is 5.91 Å². The van der Waals surface area contributed by atoms with Gasteiger partial charge in [-0.2, -0.15) is 0 Å². The second-order valence-corrected chi connectivity index (χ2v) is 7.28. The molecule has 1 aliphatic carbocycles. The summed E-state index contributed by atoms with van der Waals surface area (Å²) in [6.45, 7) is 10.8. The Hall–Kier alpha value is -0.570. The van der Waals surface area contributed by atoms with Crippen molar-refractivity contribution >= 4 is 5.91 Å². The lowest BCUT2D eigenvalue weighted by molar-refractivity contribution is -0.150. The minimum atomic E-state index is 0.0165. The summed E-state index contributed by atoms with van der Waals surface area (Å²) in [7, 11) is 0. The van der Waals surface area contributed by atoms with Crippen LogP contribution in [0.2, 0.25) is 0 Å². The number of amides is 1. The van der Waals surface area contributed by atoms with E-state index in [1.165, 1.54) is 19.3 Å². The van der Waals surface area contributed by atoms with Gasteiger partial charge in [0.1, 0.15) is 0 Å². The molecular formula is C17H32N2O. The first-order valence-corrected chi connectivity index (χ1v) is 8.57. The lowest BCUT2D eigenvalue weighted by atomic mass is 9.63. The first-order valence-electron chi connectivity index (χ1n) is 8.57. The summed E-state index contributed by atoms with van der Waals surface area (Å²) < 4.78 is 0. The Labute approximate surface area is 124 Å². The zero-order valence-corrected chi connectivity index (χ0v) is 13.6. The Morgan fingerprint density at radius 1 is 1.30 bits per heavy atom. The predicted octanol–water partition coefficient (Wildman–Crippen LogP) is 3.05. The molecule has 0 aromatic carbocycles. The van der Waals surface area contributed by atoms with Crippen molar-refractivity contribution in [1.29, 1.82) is 0 Å². The summed E-state index contributed by atoms with van der Waals surface area (Å²) in [5, 5.41) is 3.44. The molecule has 1 aliphatic heterocycles. The highest BCUT2D eigenvalue weighted by Crippen LogP contribution is 2.47. The maximum Gasteiger partial charge on any atom is 0.228 e. The van der Waals surface area contributed by atoms with Crippen molar-refractivity contribution in [2.24, 2.45) is 17.3 Å². The fourth-order valence-electron chi connectivity index (χ4n) is 3.91. The third-order valence-corrected chi connectivity index (χ3v) is 5.15. The highest BCUT2D eigenvalue weighted by atomic mass is 16.2. The van der Waals surface area contributed by atoms with E-state index in [0.29, 0.717) is 11.8 Å². The van der Waals surface area contributed by atoms with Crippen LogP contribution in [0.4, 0.5) is 0 Å². The Balaban J connectivity index is 1.84. The van der Waals surface area contributed by atoms with Gasteiger partial charge in [0.15, 0.2) is 0 Å². The van der Waals surface area contributed by atoms with Crippen LogP contribution in [0, 0.1) is 17.3 Å². The van der Waals surface area contributed by atoms with Crippen molar-refractivity contribution in [2.75, 3.05) is 26.2 Å². The Kier molecular flexibility index (Phi) is 5.48. The molecule has 2 fully saturated rings. The van der Waals surface area contributed by atoms with Gasteiger partial charge >= 0.3 is 0 Å². The molecule has 3 nitrogen and oxygen atoms in total. The predicted molar refractivity (Wildman–Crippen MR) is 83.6 cm³/mol. The highest BCUT2D eigenvalue weighted by molar-refractivity contribution is 5.83. The summed E-state index contributed by atoms with van der Waals surface area (Å²) in [5.41, 5.74) is 0.0165. The molecule has 0 aromatic rings. The molecule has 3 heteroatoms. The van der Waals surface area contributed by atoms with Gasteiger partial charge in [-0.25, -0.2) is 0 Å². The van der Waals surface area contributed by atoms with Crippen LogP contribution in [-0.2, 0) is 4.79 Å². The van der Waals surface area contributed by atoms with E-state index in [2.05, 4.69) is 31.0 Å². The number of nitrogens with one attached hydrogen (secondary N) is 1. The van der Waals surface area contributed by atoms with Crippen LogP contribution < -0.4 is 5.32 Å². The summed E-state index contributed by atoms with van der Waals surface area (Å²) >= 11 is 0. The average Bonchev–Trinajstić information content (AvgIpc) is 2.40. The van der Waals surface area contributed by atoms with Crippen molar-refractivity contribution in [2.45, 2.75) is 59.3 Å². The van der Waals surface area contributed by atoms with Gasteiger partial charge in [0.25, 0.3) is 0 Å². The molecule has 1 heterocycles. The maximum atomic E-state index is 12.9. The molecule has 0 bridgehead atoms. The standard InChI is InChI=1S/C17H32N2O/c1-4-18-13-15-6-10-19(11-7-15)16(20)17(8-5-9-17)12-14(2)3/h14-15,18H,4-13H2,1-3H3. The zero-order valence-electron chi connectivity index (χ0n) is 13.6. The first kappa shape index (κ1) is 15.8. The summed E-state index contributed by atoms with van der Waals surface area (Å²) in [6, 6.07) is 0. The SMILES string of the molecule is CCNCC1CCN(C(=O)C2(CC(C)C)CCC2)CC1. The second kappa shape index (κ2) is 6.93. The number of hydrogen-bond acceptors (Lipinski definition) is 2. The van der Waals surface area contributed by atoms with E-state index in [-0.39, 0.29) is 5.41 Å². The largest absolute Gasteiger partial charge is 0.342 e. The van der Waals surface area contributed by atoms with Gasteiger partial charge in [-0.15, -0.1) is 0 Å². The number of rotatable bonds is 6. The molecule has 1 N–H and O–H groups in total. The van der Waals surface area contributed by atoms with Crippen LogP contribution >= 0.6 is 0 Å². The van der Waals surface area contributed by atoms with Gasteiger partial charge in [0, 0.05) is 18.5 Å². The molecule has 116 valence electrons. The number of likely N-dealkylation sites (tertiary alicyclic amines) is 1. The maximum absolute atomic E-state index is 12.9. The van der Waals surface area contributed by atoms with Gasteiger partial charge < -0.3 is 10.2 Å². The third-order valence-electron chi connectivity index (χ3n) is 5.15. The summed E-state index contributed by atoms with van der Waals surface area (Å²) in [5.74, 6) is 1.87. The molecule has 20 heavy (non-hydrogen) atoms. The van der Waals surface area contributed by atoms with E-state index in [9.17, 15) is 4.79 Å². The van der Waals surface area contributed by atoms with E-state index in [1.54, 1.807) is 0 Å². The number of carbonyl (C=O) groups excluding carboxylic acids is 1. The van der Waals surface area contributed by atoms with Crippen molar-refractivity contribution < 1.29 is 4.79 Å². The summed E-state index contributed by atoms with van der Waals surface area (Å²) in [6.07, 6.45) is 6.94. The van der Waals surface area contributed by atoms with E-state index in [0.717, 1.165) is 51.4 Å². The molecule has 1 saturated heterocycles. The van der Waals surface area contributed by atoms with Crippen LogP contribution in [0.1, 0.15) is 59.3 Å². The van der Waals surface area contributed by atoms with Gasteiger partial charge in [0.05, 0.1) is 0 Å². The number of carbonyl (C=O) groups is 1. The van der Waals surface area contributed by atoms with Crippen molar-refractivity contribution in [1.82, 2.24) is 10.2 Å². The molecule has 0 aromatic heterocycles. The Morgan fingerprint density at radius 2 is 1.95 bits per heavy atom. The molecule has 2 aliphatic rings. The monoisotopic (exact) mass is 280 g/mol. The molecule has 1 saturated carbocycles. The van der Waals surface area contributed by atoms with E-state index in [4.69, 9.17) is 0 Å². The van der Waals surface area contributed by atoms with Crippen LogP contribution in [-0.4, -0.2) is 37.0 Å². The fourth-order valence-corrected chi connectivity index (χ4v) is 3.91. The Bertz CT molecular complexity index is 315. The normalized spacial score (nSPS) is 22.9. The third kappa shape index (κ3) is 3.55. The van der Waals surface area contributed by atoms with Crippen molar-refractivity contribution in [3.05, 3.63) is 0 Å². The number of hydrogen-bond donors (Lipinski definition) is 1. The van der Waals surface area contributed by atoms with E-state index in [1.807, 2.05) is 0 Å². The molecule has 0 radical (unpaired) electrons. The zero-order chi connectivity index (χ0) is 14.6. The van der Waals surface area contributed by atoms with Crippen LogP contribution in [0.15, 0.2) is 0 Å². The lowest BCUT2D eigenvalue weighted by Gasteiger charge is -2.46. The number of piperidine rings is 1. The molecular weight excluding hydrogens is 248 g/mol. The topological polar surface area (TPSA) is 32.3 Å². The van der Waals surface area contributed by atoms with Gasteiger partial charge in [-0.05, 0) is 57.0 Å². The van der Waals surface area contributed by atoms with Gasteiger partial charge in [-0.1, -0.05) is 27.2 Å². The van der Waals surface area contributed by atoms with Crippen LogP contribution in [0.3, 0.4) is 0 Å². The van der Waals surface area contributed by atoms with Crippen LogP contribution in [0.5, 0.6) is 0 Å². The molecule has 0 atom stereocenters. The average molecular weight is 280 g/mol. The quantitative estimate of drug-likeness (QED) is 0.811. The van der Waals surface area contributed by atoms with Crippen molar-refractivity contribution in [3.63, 3.8) is 0 Å². The molecule has 1 amide bonds. The summed E-state index contributed by atoms with van der Waals surface area (Å²) in [4.78, 5) is 15.0.